The predicted molar refractivity (Wildman–Crippen MR) is 105 cm³/mol. The first-order chi connectivity index (χ1) is 12.6. The van der Waals surface area contributed by atoms with Crippen molar-refractivity contribution in [3.05, 3.63) is 76.4 Å². The van der Waals surface area contributed by atoms with Crippen molar-refractivity contribution in [2.75, 3.05) is 17.2 Å². The van der Waals surface area contributed by atoms with E-state index in [0.29, 0.717) is 23.9 Å². The Morgan fingerprint density at radius 3 is 2.65 bits per heavy atom. The number of nitrogens with zero attached hydrogens (tertiary/aromatic N) is 3. The van der Waals surface area contributed by atoms with Gasteiger partial charge in [-0.2, -0.15) is 10.2 Å². The number of halogens is 1. The topological polar surface area (TPSA) is 73.6 Å². The van der Waals surface area contributed by atoms with Crippen LogP contribution in [0, 0.1) is 18.3 Å². The second-order valence-electron chi connectivity index (χ2n) is 5.84. The molecule has 0 unspecified atom stereocenters. The van der Waals surface area contributed by atoms with Crippen LogP contribution in [-0.2, 0) is 6.42 Å². The molecule has 1 heterocycles. The summed E-state index contributed by atoms with van der Waals surface area (Å²) in [6.07, 6.45) is 0.849. The summed E-state index contributed by atoms with van der Waals surface area (Å²) >= 11 is 5.90. The average Bonchev–Trinajstić information content (AvgIpc) is 2.63. The SMILES string of the molecule is Cc1cc(Nc2cccc(C#N)c2)nc(NCCc2ccc(Cl)cc2)n1. The number of nitriles is 1. The van der Waals surface area contributed by atoms with E-state index in [9.17, 15) is 0 Å². The molecule has 26 heavy (non-hydrogen) atoms. The summed E-state index contributed by atoms with van der Waals surface area (Å²) in [7, 11) is 0. The van der Waals surface area contributed by atoms with Crippen LogP contribution in [0.4, 0.5) is 17.5 Å². The lowest BCUT2D eigenvalue weighted by Crippen LogP contribution is -2.09. The van der Waals surface area contributed by atoms with E-state index in [1.807, 2.05) is 49.4 Å². The molecule has 0 aliphatic carbocycles. The molecule has 5 nitrogen and oxygen atoms in total. The molecule has 0 saturated heterocycles. The Morgan fingerprint density at radius 1 is 1.08 bits per heavy atom. The first kappa shape index (κ1) is 17.7. The van der Waals surface area contributed by atoms with Crippen molar-refractivity contribution < 1.29 is 0 Å². The highest BCUT2D eigenvalue weighted by atomic mass is 35.5. The molecule has 6 heteroatoms. The van der Waals surface area contributed by atoms with Gasteiger partial charge in [0, 0.05) is 29.0 Å². The van der Waals surface area contributed by atoms with Gasteiger partial charge in [-0.05, 0) is 49.2 Å². The Morgan fingerprint density at radius 2 is 1.88 bits per heavy atom. The minimum absolute atomic E-state index is 0.568. The van der Waals surface area contributed by atoms with Gasteiger partial charge in [-0.15, -0.1) is 0 Å². The first-order valence-corrected chi connectivity index (χ1v) is 8.61. The number of anilines is 3. The summed E-state index contributed by atoms with van der Waals surface area (Å²) in [4.78, 5) is 8.91. The Balaban J connectivity index is 1.65. The van der Waals surface area contributed by atoms with Gasteiger partial charge >= 0.3 is 0 Å². The van der Waals surface area contributed by atoms with Gasteiger partial charge < -0.3 is 10.6 Å². The Labute approximate surface area is 157 Å². The molecule has 3 rings (SSSR count). The molecule has 1 aromatic heterocycles. The van der Waals surface area contributed by atoms with Crippen LogP contribution in [0.5, 0.6) is 0 Å². The zero-order valence-electron chi connectivity index (χ0n) is 14.3. The molecule has 0 fully saturated rings. The molecule has 0 amide bonds. The van der Waals surface area contributed by atoms with E-state index >= 15 is 0 Å². The van der Waals surface area contributed by atoms with Gasteiger partial charge in [0.25, 0.3) is 0 Å². The quantitative estimate of drug-likeness (QED) is 0.663. The third kappa shape index (κ3) is 4.95. The van der Waals surface area contributed by atoms with Crippen LogP contribution < -0.4 is 10.6 Å². The third-order valence-corrected chi connectivity index (χ3v) is 3.98. The lowest BCUT2D eigenvalue weighted by atomic mass is 10.1. The van der Waals surface area contributed by atoms with Crippen molar-refractivity contribution in [2.24, 2.45) is 0 Å². The third-order valence-electron chi connectivity index (χ3n) is 3.73. The summed E-state index contributed by atoms with van der Waals surface area (Å²) in [6, 6.07) is 19.1. The predicted octanol–water partition coefficient (Wildman–Crippen LogP) is 4.71. The van der Waals surface area contributed by atoms with E-state index in [2.05, 4.69) is 26.7 Å². The van der Waals surface area contributed by atoms with Crippen LogP contribution in [-0.4, -0.2) is 16.5 Å². The Kier molecular flexibility index (Phi) is 5.67. The lowest BCUT2D eigenvalue weighted by Gasteiger charge is -2.10. The molecule has 0 radical (unpaired) electrons. The van der Waals surface area contributed by atoms with Crippen LogP contribution in [0.25, 0.3) is 0 Å². The second-order valence-corrected chi connectivity index (χ2v) is 6.28. The largest absolute Gasteiger partial charge is 0.354 e. The molecule has 3 aromatic rings. The minimum Gasteiger partial charge on any atom is -0.354 e. The lowest BCUT2D eigenvalue weighted by molar-refractivity contribution is 0.976. The van der Waals surface area contributed by atoms with E-state index in [0.717, 1.165) is 22.8 Å². The van der Waals surface area contributed by atoms with Crippen molar-refractivity contribution in [1.82, 2.24) is 9.97 Å². The summed E-state index contributed by atoms with van der Waals surface area (Å²) in [5.41, 5.74) is 3.46. The monoisotopic (exact) mass is 363 g/mol. The van der Waals surface area contributed by atoms with E-state index in [1.165, 1.54) is 5.56 Å². The molecule has 2 N–H and O–H groups in total. The van der Waals surface area contributed by atoms with Crippen molar-refractivity contribution in [3.63, 3.8) is 0 Å². The number of hydrogen-bond acceptors (Lipinski definition) is 5. The van der Waals surface area contributed by atoms with Crippen molar-refractivity contribution in [3.8, 4) is 6.07 Å². The molecular weight excluding hydrogens is 346 g/mol. The minimum atomic E-state index is 0.568. The number of hydrogen-bond donors (Lipinski definition) is 2. The van der Waals surface area contributed by atoms with Gasteiger partial charge in [0.1, 0.15) is 5.82 Å². The standard InChI is InChI=1S/C20H18ClN5/c1-14-11-19(25-18-4-2-3-16(12-18)13-22)26-20(24-14)23-10-9-15-5-7-17(21)8-6-15/h2-8,11-12H,9-10H2,1H3,(H2,23,24,25,26). The zero-order chi connectivity index (χ0) is 18.4. The molecule has 0 saturated carbocycles. The van der Waals surface area contributed by atoms with Gasteiger partial charge in [0.05, 0.1) is 11.6 Å². The molecule has 0 aliphatic rings. The second kappa shape index (κ2) is 8.32. The Bertz CT molecular complexity index is 932. The maximum Gasteiger partial charge on any atom is 0.224 e. The molecular formula is C20H18ClN5. The normalized spacial score (nSPS) is 10.2. The summed E-state index contributed by atoms with van der Waals surface area (Å²) < 4.78 is 0. The van der Waals surface area contributed by atoms with E-state index in [-0.39, 0.29) is 0 Å². The highest BCUT2D eigenvalue weighted by Gasteiger charge is 2.04. The maximum absolute atomic E-state index is 9.00. The number of nitrogens with one attached hydrogen (secondary N) is 2. The van der Waals surface area contributed by atoms with Crippen LogP contribution in [0.15, 0.2) is 54.6 Å². The fraction of sp³-hybridized carbons (Fsp3) is 0.150. The molecule has 130 valence electrons. The molecule has 2 aromatic carbocycles. The average molecular weight is 364 g/mol. The van der Waals surface area contributed by atoms with Crippen molar-refractivity contribution in [1.29, 1.82) is 5.26 Å². The van der Waals surface area contributed by atoms with Crippen molar-refractivity contribution in [2.45, 2.75) is 13.3 Å². The van der Waals surface area contributed by atoms with Gasteiger partial charge in [-0.1, -0.05) is 29.8 Å². The molecule has 0 spiro atoms. The van der Waals surface area contributed by atoms with Crippen molar-refractivity contribution >= 4 is 29.1 Å². The fourth-order valence-corrected chi connectivity index (χ4v) is 2.62. The van der Waals surface area contributed by atoms with E-state index in [4.69, 9.17) is 16.9 Å². The number of benzene rings is 2. The Hall–Kier alpha value is -3.10. The zero-order valence-corrected chi connectivity index (χ0v) is 15.1. The smallest absolute Gasteiger partial charge is 0.224 e. The first-order valence-electron chi connectivity index (χ1n) is 8.23. The number of aryl methyl sites for hydroxylation is 1. The van der Waals surface area contributed by atoms with Gasteiger partial charge in [0.15, 0.2) is 0 Å². The van der Waals surface area contributed by atoms with Gasteiger partial charge in [-0.3, -0.25) is 0 Å². The fourth-order valence-electron chi connectivity index (χ4n) is 2.50. The molecule has 0 aliphatic heterocycles. The number of aromatic nitrogens is 2. The highest BCUT2D eigenvalue weighted by Crippen LogP contribution is 2.18. The highest BCUT2D eigenvalue weighted by molar-refractivity contribution is 6.30. The molecule has 0 bridgehead atoms. The van der Waals surface area contributed by atoms with Crippen LogP contribution >= 0.6 is 11.6 Å². The maximum atomic E-state index is 9.00. The number of rotatable bonds is 6. The summed E-state index contributed by atoms with van der Waals surface area (Å²) in [5.74, 6) is 1.25. The van der Waals surface area contributed by atoms with E-state index in [1.54, 1.807) is 12.1 Å². The summed E-state index contributed by atoms with van der Waals surface area (Å²) in [6.45, 7) is 2.64. The van der Waals surface area contributed by atoms with Crippen LogP contribution in [0.3, 0.4) is 0 Å². The van der Waals surface area contributed by atoms with Gasteiger partial charge in [-0.25, -0.2) is 4.98 Å². The summed E-state index contributed by atoms with van der Waals surface area (Å²) in [5, 5.41) is 16.2. The van der Waals surface area contributed by atoms with Crippen LogP contribution in [0.2, 0.25) is 5.02 Å². The van der Waals surface area contributed by atoms with Gasteiger partial charge in [0.2, 0.25) is 5.95 Å². The van der Waals surface area contributed by atoms with Crippen LogP contribution in [0.1, 0.15) is 16.8 Å². The van der Waals surface area contributed by atoms with E-state index < -0.39 is 0 Å². The molecule has 0 atom stereocenters.